The second kappa shape index (κ2) is 8.52. The Bertz CT molecular complexity index is 1550. The van der Waals surface area contributed by atoms with Crippen LogP contribution in [0.25, 0.3) is 21.8 Å². The molecule has 1 N–H and O–H groups in total. The first-order chi connectivity index (χ1) is 16.1. The van der Waals surface area contributed by atoms with Crippen LogP contribution in [-0.2, 0) is 14.8 Å². The van der Waals surface area contributed by atoms with Crippen LogP contribution in [0.5, 0.6) is 0 Å². The van der Waals surface area contributed by atoms with Crippen molar-refractivity contribution in [1.82, 2.24) is 9.55 Å². The van der Waals surface area contributed by atoms with E-state index in [1.54, 1.807) is 48.8 Å². The van der Waals surface area contributed by atoms with Gasteiger partial charge in [-0.1, -0.05) is 60.7 Å². The molecular formula is C26H21N3O3S. The summed E-state index contributed by atoms with van der Waals surface area (Å²) in [5, 5.41) is 2.19. The van der Waals surface area contributed by atoms with Gasteiger partial charge in [0.15, 0.2) is 0 Å². The van der Waals surface area contributed by atoms with E-state index in [0.717, 1.165) is 28.1 Å². The lowest BCUT2D eigenvalue weighted by Gasteiger charge is -2.20. The SMILES string of the molecule is O=CCC(c1cccc2ccccc12)n1cnc2cc(NS(=O)(=O)c3ccccc3)ccc21. The third kappa shape index (κ3) is 3.99. The summed E-state index contributed by atoms with van der Waals surface area (Å²) in [4.78, 5) is 16.3. The molecule has 0 aliphatic rings. The molecule has 0 saturated heterocycles. The fourth-order valence-corrected chi connectivity index (χ4v) is 5.25. The summed E-state index contributed by atoms with van der Waals surface area (Å²) in [6, 6.07) is 27.4. The van der Waals surface area contributed by atoms with Crippen LogP contribution in [-0.4, -0.2) is 24.3 Å². The predicted molar refractivity (Wildman–Crippen MR) is 130 cm³/mol. The van der Waals surface area contributed by atoms with Crippen LogP contribution in [0.1, 0.15) is 18.0 Å². The van der Waals surface area contributed by atoms with Crippen molar-refractivity contribution in [1.29, 1.82) is 0 Å². The van der Waals surface area contributed by atoms with Crippen molar-refractivity contribution in [3.05, 3.63) is 103 Å². The van der Waals surface area contributed by atoms with Crippen LogP contribution >= 0.6 is 0 Å². The number of sulfonamides is 1. The van der Waals surface area contributed by atoms with Gasteiger partial charge in [0.1, 0.15) is 6.29 Å². The van der Waals surface area contributed by atoms with E-state index in [9.17, 15) is 13.2 Å². The maximum absolute atomic E-state index is 12.7. The summed E-state index contributed by atoms with van der Waals surface area (Å²) in [6.07, 6.45) is 2.92. The van der Waals surface area contributed by atoms with Gasteiger partial charge in [-0.25, -0.2) is 13.4 Å². The summed E-state index contributed by atoms with van der Waals surface area (Å²) >= 11 is 0. The molecule has 164 valence electrons. The molecule has 0 spiro atoms. The van der Waals surface area contributed by atoms with E-state index in [1.165, 1.54) is 0 Å². The first-order valence-corrected chi connectivity index (χ1v) is 12.0. The molecule has 0 amide bonds. The number of fused-ring (bicyclic) bond motifs is 2. The number of nitrogens with one attached hydrogen (secondary N) is 1. The third-order valence-corrected chi connectivity index (χ3v) is 7.12. The van der Waals surface area contributed by atoms with Crippen LogP contribution in [0, 0.1) is 0 Å². The molecule has 0 aliphatic heterocycles. The standard InChI is InChI=1S/C26H21N3O3S/c30-16-15-25(23-12-6-8-19-7-4-5-11-22(19)23)29-18-27-24-17-20(13-14-26(24)29)28-33(31,32)21-9-2-1-3-10-21/h1-14,16-18,25,28H,15H2. The number of nitrogens with zero attached hydrogens (tertiary/aromatic N) is 2. The Balaban J connectivity index is 1.54. The van der Waals surface area contributed by atoms with Gasteiger partial charge in [0, 0.05) is 6.42 Å². The maximum atomic E-state index is 12.7. The Morgan fingerprint density at radius 2 is 1.67 bits per heavy atom. The van der Waals surface area contributed by atoms with E-state index in [0.29, 0.717) is 17.6 Å². The molecular weight excluding hydrogens is 434 g/mol. The molecule has 1 heterocycles. The molecule has 0 radical (unpaired) electrons. The Morgan fingerprint density at radius 3 is 2.48 bits per heavy atom. The van der Waals surface area contributed by atoms with Crippen molar-refractivity contribution in [3.63, 3.8) is 0 Å². The molecule has 1 unspecified atom stereocenters. The van der Waals surface area contributed by atoms with Gasteiger partial charge >= 0.3 is 0 Å². The Hall–Kier alpha value is -3.97. The summed E-state index contributed by atoms with van der Waals surface area (Å²) in [6.45, 7) is 0. The summed E-state index contributed by atoms with van der Waals surface area (Å²) in [5.41, 5.74) is 2.92. The van der Waals surface area contributed by atoms with Gasteiger partial charge < -0.3 is 9.36 Å². The van der Waals surface area contributed by atoms with E-state index < -0.39 is 10.0 Å². The minimum absolute atomic E-state index is 0.192. The highest BCUT2D eigenvalue weighted by Gasteiger charge is 2.19. The molecule has 4 aromatic carbocycles. The van der Waals surface area contributed by atoms with Crippen LogP contribution in [0.2, 0.25) is 0 Å². The quantitative estimate of drug-likeness (QED) is 0.343. The van der Waals surface area contributed by atoms with Gasteiger partial charge in [0.25, 0.3) is 10.0 Å². The average molecular weight is 456 g/mol. The highest BCUT2D eigenvalue weighted by Crippen LogP contribution is 2.32. The number of imidazole rings is 1. The van der Waals surface area contributed by atoms with E-state index in [2.05, 4.69) is 15.8 Å². The van der Waals surface area contributed by atoms with E-state index in [-0.39, 0.29) is 10.9 Å². The zero-order valence-corrected chi connectivity index (χ0v) is 18.4. The summed E-state index contributed by atoms with van der Waals surface area (Å²) in [7, 11) is -3.70. The van der Waals surface area contributed by atoms with Gasteiger partial charge in [-0.2, -0.15) is 0 Å². The number of hydrogen-bond donors (Lipinski definition) is 1. The third-order valence-electron chi connectivity index (χ3n) is 5.72. The fraction of sp³-hybridized carbons (Fsp3) is 0.0769. The van der Waals surface area contributed by atoms with Crippen molar-refractivity contribution in [2.45, 2.75) is 17.4 Å². The number of carbonyl (C=O) groups is 1. The van der Waals surface area contributed by atoms with Gasteiger partial charge in [-0.15, -0.1) is 0 Å². The predicted octanol–water partition coefficient (Wildman–Crippen LogP) is 5.17. The lowest BCUT2D eigenvalue weighted by atomic mass is 9.96. The Kier molecular flexibility index (Phi) is 5.40. The van der Waals surface area contributed by atoms with Gasteiger partial charge in [0.05, 0.1) is 34.0 Å². The highest BCUT2D eigenvalue weighted by atomic mass is 32.2. The van der Waals surface area contributed by atoms with Crippen molar-refractivity contribution in [2.24, 2.45) is 0 Å². The number of aromatic nitrogens is 2. The maximum Gasteiger partial charge on any atom is 0.261 e. The number of aldehydes is 1. The van der Waals surface area contributed by atoms with Crippen molar-refractivity contribution >= 4 is 43.8 Å². The van der Waals surface area contributed by atoms with E-state index in [4.69, 9.17) is 0 Å². The largest absolute Gasteiger partial charge is 0.322 e. The zero-order chi connectivity index (χ0) is 22.8. The smallest absolute Gasteiger partial charge is 0.261 e. The number of benzene rings is 4. The molecule has 0 saturated carbocycles. The van der Waals surface area contributed by atoms with Crippen molar-refractivity contribution in [3.8, 4) is 0 Å². The number of anilines is 1. The van der Waals surface area contributed by atoms with Gasteiger partial charge in [-0.05, 0) is 46.7 Å². The minimum Gasteiger partial charge on any atom is -0.322 e. The number of rotatable bonds is 7. The highest BCUT2D eigenvalue weighted by molar-refractivity contribution is 7.92. The topological polar surface area (TPSA) is 81.1 Å². The second-order valence-electron chi connectivity index (χ2n) is 7.76. The number of carbonyl (C=O) groups excluding carboxylic acids is 1. The lowest BCUT2D eigenvalue weighted by molar-refractivity contribution is -0.108. The molecule has 1 atom stereocenters. The molecule has 0 bridgehead atoms. The van der Waals surface area contributed by atoms with Crippen LogP contribution in [0.3, 0.4) is 0 Å². The normalized spacial score (nSPS) is 12.6. The summed E-state index contributed by atoms with van der Waals surface area (Å²) in [5.74, 6) is 0. The van der Waals surface area contributed by atoms with E-state index in [1.807, 2.05) is 47.0 Å². The molecule has 1 aromatic heterocycles. The molecule has 5 rings (SSSR count). The summed E-state index contributed by atoms with van der Waals surface area (Å²) < 4.78 is 29.9. The molecule has 33 heavy (non-hydrogen) atoms. The molecule has 5 aromatic rings. The van der Waals surface area contributed by atoms with Crippen LogP contribution in [0.4, 0.5) is 5.69 Å². The second-order valence-corrected chi connectivity index (χ2v) is 9.44. The lowest BCUT2D eigenvalue weighted by Crippen LogP contribution is -2.13. The monoisotopic (exact) mass is 455 g/mol. The Morgan fingerprint density at radius 1 is 0.909 bits per heavy atom. The first-order valence-electron chi connectivity index (χ1n) is 10.5. The van der Waals surface area contributed by atoms with Gasteiger partial charge in [-0.3, -0.25) is 4.72 Å². The van der Waals surface area contributed by atoms with Crippen LogP contribution in [0.15, 0.2) is 102 Å². The van der Waals surface area contributed by atoms with Crippen molar-refractivity contribution in [2.75, 3.05) is 4.72 Å². The molecule has 0 aliphatic carbocycles. The van der Waals surface area contributed by atoms with Crippen LogP contribution < -0.4 is 4.72 Å². The average Bonchev–Trinajstić information content (AvgIpc) is 3.25. The minimum atomic E-state index is -3.70. The molecule has 7 heteroatoms. The zero-order valence-electron chi connectivity index (χ0n) is 17.6. The number of hydrogen-bond acceptors (Lipinski definition) is 4. The van der Waals surface area contributed by atoms with E-state index >= 15 is 0 Å². The molecule has 0 fully saturated rings. The van der Waals surface area contributed by atoms with Gasteiger partial charge in [0.2, 0.25) is 0 Å². The van der Waals surface area contributed by atoms with Crippen molar-refractivity contribution < 1.29 is 13.2 Å². The Labute approximate surface area is 191 Å². The fourth-order valence-electron chi connectivity index (χ4n) is 4.18. The first kappa shape index (κ1) is 20.9. The molecule has 6 nitrogen and oxygen atoms in total.